The van der Waals surface area contributed by atoms with Crippen molar-refractivity contribution in [3.63, 3.8) is 0 Å². The topological polar surface area (TPSA) is 66.8 Å². The molecule has 0 spiro atoms. The number of carbonyl (C=O) groups is 1. The van der Waals surface area contributed by atoms with Gasteiger partial charge in [-0.05, 0) is 30.9 Å². The number of carbonyl (C=O) groups excluding carboxylic acids is 1. The highest BCUT2D eigenvalue weighted by Crippen LogP contribution is 2.55. The van der Waals surface area contributed by atoms with Crippen LogP contribution in [0.5, 0.6) is 5.75 Å². The quantitative estimate of drug-likeness (QED) is 0.818. The number of benzene rings is 1. The molecule has 0 aliphatic heterocycles. The summed E-state index contributed by atoms with van der Waals surface area (Å²) in [5, 5.41) is 20.3. The van der Waals surface area contributed by atoms with Gasteiger partial charge in [0.15, 0.2) is 0 Å². The van der Waals surface area contributed by atoms with Crippen LogP contribution in [0.4, 0.5) is 0 Å². The summed E-state index contributed by atoms with van der Waals surface area (Å²) in [7, 11) is 0. The highest BCUT2D eigenvalue weighted by molar-refractivity contribution is 5.91. The van der Waals surface area contributed by atoms with Crippen molar-refractivity contribution in [3.8, 4) is 5.75 Å². The Labute approximate surface area is 136 Å². The molecule has 4 nitrogen and oxygen atoms in total. The number of ether oxygens (including phenoxy) is 1. The van der Waals surface area contributed by atoms with Gasteiger partial charge in [-0.15, -0.1) is 0 Å². The van der Waals surface area contributed by atoms with Gasteiger partial charge in [0.2, 0.25) is 0 Å². The maximum atomic E-state index is 11.9. The van der Waals surface area contributed by atoms with Crippen LogP contribution in [0.2, 0.25) is 0 Å². The fraction of sp³-hybridized carbons (Fsp3) is 0.526. The monoisotopic (exact) mass is 316 g/mol. The van der Waals surface area contributed by atoms with E-state index < -0.39 is 12.2 Å². The Morgan fingerprint density at radius 1 is 1.39 bits per heavy atom. The third kappa shape index (κ3) is 3.19. The summed E-state index contributed by atoms with van der Waals surface area (Å²) >= 11 is 0. The molecule has 0 unspecified atom stereocenters. The molecule has 0 bridgehead atoms. The zero-order valence-electron chi connectivity index (χ0n) is 13.4. The number of rotatable bonds is 5. The number of hydrogen-bond donors (Lipinski definition) is 2. The Morgan fingerprint density at radius 2 is 2.13 bits per heavy atom. The molecule has 5 atom stereocenters. The van der Waals surface area contributed by atoms with Crippen molar-refractivity contribution in [3.05, 3.63) is 42.5 Å². The second-order valence-electron chi connectivity index (χ2n) is 6.91. The molecule has 0 aromatic heterocycles. The molecule has 2 N–H and O–H groups in total. The van der Waals surface area contributed by atoms with Crippen molar-refractivity contribution in [2.75, 3.05) is 6.61 Å². The minimum atomic E-state index is -0.730. The summed E-state index contributed by atoms with van der Waals surface area (Å²) < 4.78 is 5.52. The van der Waals surface area contributed by atoms with E-state index in [-0.39, 0.29) is 23.9 Å². The van der Waals surface area contributed by atoms with Gasteiger partial charge in [0, 0.05) is 17.8 Å². The van der Waals surface area contributed by atoms with Gasteiger partial charge in [0.1, 0.15) is 24.2 Å². The average molecular weight is 316 g/mol. The number of para-hydroxylation sites is 1. The molecule has 124 valence electrons. The highest BCUT2D eigenvalue weighted by Gasteiger charge is 2.57. The van der Waals surface area contributed by atoms with Gasteiger partial charge < -0.3 is 14.9 Å². The second kappa shape index (κ2) is 6.46. The van der Waals surface area contributed by atoms with Gasteiger partial charge in [0.25, 0.3) is 0 Å². The van der Waals surface area contributed by atoms with E-state index in [0.29, 0.717) is 18.6 Å². The first-order valence-corrected chi connectivity index (χ1v) is 8.26. The summed E-state index contributed by atoms with van der Waals surface area (Å²) in [6.07, 6.45) is 4.35. The van der Waals surface area contributed by atoms with Crippen LogP contribution in [-0.4, -0.2) is 34.8 Å². The third-order valence-electron chi connectivity index (χ3n) is 5.45. The largest absolute Gasteiger partial charge is 0.491 e. The van der Waals surface area contributed by atoms with E-state index in [0.717, 1.165) is 12.2 Å². The molecule has 0 saturated heterocycles. The van der Waals surface area contributed by atoms with Crippen LogP contribution < -0.4 is 4.74 Å². The first-order chi connectivity index (χ1) is 11.0. The molecule has 0 radical (unpaired) electrons. The predicted octanol–water partition coefficient (Wildman–Crippen LogP) is 2.35. The number of Topliss-reactive ketones (excluding diaryl/α,β-unsaturated/α-hetero) is 1. The molecular weight excluding hydrogens is 292 g/mol. The van der Waals surface area contributed by atoms with Crippen molar-refractivity contribution < 1.29 is 19.7 Å². The minimum absolute atomic E-state index is 0.0576. The molecule has 23 heavy (non-hydrogen) atoms. The molecule has 1 aromatic rings. The van der Waals surface area contributed by atoms with Crippen LogP contribution in [0.3, 0.4) is 0 Å². The average Bonchev–Trinajstić information content (AvgIpc) is 2.57. The van der Waals surface area contributed by atoms with Gasteiger partial charge in [-0.2, -0.15) is 0 Å². The summed E-state index contributed by atoms with van der Waals surface area (Å²) in [6.45, 7) is 2.18. The van der Waals surface area contributed by atoms with Crippen LogP contribution in [0.15, 0.2) is 42.5 Å². The van der Waals surface area contributed by atoms with Crippen LogP contribution in [0.25, 0.3) is 0 Å². The second-order valence-corrected chi connectivity index (χ2v) is 6.91. The summed E-state index contributed by atoms with van der Waals surface area (Å²) in [5.41, 5.74) is -0.278. The lowest BCUT2D eigenvalue weighted by Gasteiger charge is -2.53. The number of ketones is 1. The summed E-state index contributed by atoms with van der Waals surface area (Å²) in [5.74, 6) is 1.16. The third-order valence-corrected chi connectivity index (χ3v) is 5.45. The van der Waals surface area contributed by atoms with Gasteiger partial charge in [-0.1, -0.05) is 37.3 Å². The first kappa shape index (κ1) is 16.2. The Kier molecular flexibility index (Phi) is 4.55. The van der Waals surface area contributed by atoms with Crippen molar-refractivity contribution in [2.45, 2.75) is 38.4 Å². The molecule has 0 amide bonds. The molecule has 0 heterocycles. The van der Waals surface area contributed by atoms with Gasteiger partial charge in [0.05, 0.1) is 6.10 Å². The van der Waals surface area contributed by atoms with Crippen LogP contribution in [0.1, 0.15) is 26.2 Å². The maximum absolute atomic E-state index is 11.9. The first-order valence-electron chi connectivity index (χ1n) is 8.26. The molecule has 2 saturated carbocycles. The maximum Gasteiger partial charge on any atom is 0.139 e. The number of aliphatic hydroxyl groups is 2. The molecule has 2 aliphatic rings. The van der Waals surface area contributed by atoms with E-state index in [9.17, 15) is 15.0 Å². The molecule has 4 heteroatoms. The smallest absolute Gasteiger partial charge is 0.139 e. The van der Waals surface area contributed by atoms with E-state index in [1.54, 1.807) is 6.08 Å². The Balaban J connectivity index is 1.57. The van der Waals surface area contributed by atoms with E-state index in [2.05, 4.69) is 0 Å². The predicted molar refractivity (Wildman–Crippen MR) is 87.0 cm³/mol. The highest BCUT2D eigenvalue weighted by atomic mass is 16.5. The van der Waals surface area contributed by atoms with E-state index in [4.69, 9.17) is 4.74 Å². The molecule has 1 aromatic carbocycles. The van der Waals surface area contributed by atoms with Crippen LogP contribution in [0, 0.1) is 17.3 Å². The molecular formula is C19H24O4. The molecule has 2 fully saturated rings. The fourth-order valence-corrected chi connectivity index (χ4v) is 3.80. The Hall–Kier alpha value is -1.65. The normalized spacial score (nSPS) is 34.7. The zero-order valence-corrected chi connectivity index (χ0v) is 13.4. The lowest BCUT2D eigenvalue weighted by molar-refractivity contribution is -0.157. The summed E-state index contributed by atoms with van der Waals surface area (Å²) in [6, 6.07) is 9.35. The number of aliphatic hydroxyl groups excluding tert-OH is 2. The van der Waals surface area contributed by atoms with E-state index in [1.807, 2.05) is 43.3 Å². The standard InChI is InChI=1S/C19H24O4/c1-19-10-9-17(21)15(16(19)11-18(19)22)8-7-13(20)12-23-14-5-3-2-4-6-14/h2-8,13,15-17,20-21H,9-12H2,1H3/t13-,15-,16-,17-,19+/m0/s1. The lowest BCUT2D eigenvalue weighted by atomic mass is 9.50. The number of fused-ring (bicyclic) bond motifs is 1. The van der Waals surface area contributed by atoms with Crippen LogP contribution >= 0.6 is 0 Å². The minimum Gasteiger partial charge on any atom is -0.491 e. The molecule has 3 rings (SSSR count). The fourth-order valence-electron chi connectivity index (χ4n) is 3.80. The van der Waals surface area contributed by atoms with Gasteiger partial charge in [-0.3, -0.25) is 4.79 Å². The number of hydrogen-bond acceptors (Lipinski definition) is 4. The van der Waals surface area contributed by atoms with E-state index in [1.165, 1.54) is 0 Å². The van der Waals surface area contributed by atoms with Crippen LogP contribution in [-0.2, 0) is 4.79 Å². The van der Waals surface area contributed by atoms with Crippen molar-refractivity contribution in [2.24, 2.45) is 17.3 Å². The van der Waals surface area contributed by atoms with Crippen molar-refractivity contribution in [1.82, 2.24) is 0 Å². The lowest BCUT2D eigenvalue weighted by Crippen LogP contribution is -2.56. The Bertz CT molecular complexity index is 582. The molecule has 2 aliphatic carbocycles. The zero-order chi connectivity index (χ0) is 16.4. The van der Waals surface area contributed by atoms with Crippen molar-refractivity contribution >= 4 is 5.78 Å². The SMILES string of the molecule is C[C@@]12CC[C@H](O)[C@@H](C=C[C@H](O)COc3ccccc3)[C@@H]1CC2=O. The van der Waals surface area contributed by atoms with Gasteiger partial charge >= 0.3 is 0 Å². The van der Waals surface area contributed by atoms with Gasteiger partial charge in [-0.25, -0.2) is 0 Å². The Morgan fingerprint density at radius 3 is 2.83 bits per heavy atom. The summed E-state index contributed by atoms with van der Waals surface area (Å²) in [4.78, 5) is 11.9. The van der Waals surface area contributed by atoms with Crippen molar-refractivity contribution in [1.29, 1.82) is 0 Å². The van der Waals surface area contributed by atoms with E-state index >= 15 is 0 Å².